The fraction of sp³-hybridized carbons (Fsp3) is 0.188. The van der Waals surface area contributed by atoms with Crippen LogP contribution in [0.15, 0.2) is 36.5 Å². The van der Waals surface area contributed by atoms with Gasteiger partial charge in [-0.3, -0.25) is 4.98 Å². The minimum absolute atomic E-state index is 0.724. The number of benzene rings is 1. The van der Waals surface area contributed by atoms with E-state index in [9.17, 15) is 0 Å². The van der Waals surface area contributed by atoms with Gasteiger partial charge in [-0.1, -0.05) is 18.2 Å². The minimum Gasteiger partial charge on any atom is -0.493 e. The van der Waals surface area contributed by atoms with E-state index in [4.69, 9.17) is 9.47 Å². The molecule has 0 aliphatic carbocycles. The minimum atomic E-state index is 0.724. The zero-order valence-electron chi connectivity index (χ0n) is 11.4. The molecular weight excluding hydrogens is 238 g/mol. The summed E-state index contributed by atoms with van der Waals surface area (Å²) in [6.45, 7) is 2.04. The molecule has 0 radical (unpaired) electrons. The molecule has 0 unspecified atom stereocenters. The number of hydrogen-bond acceptors (Lipinski definition) is 3. The van der Waals surface area contributed by atoms with Gasteiger partial charge in [0.25, 0.3) is 0 Å². The molecule has 3 heteroatoms. The van der Waals surface area contributed by atoms with Crippen molar-refractivity contribution in [3.05, 3.63) is 53.3 Å². The zero-order valence-corrected chi connectivity index (χ0v) is 11.4. The predicted molar refractivity (Wildman–Crippen MR) is 77.4 cm³/mol. The van der Waals surface area contributed by atoms with E-state index in [1.54, 1.807) is 20.4 Å². The molecule has 0 atom stereocenters. The van der Waals surface area contributed by atoms with Crippen LogP contribution in [-0.2, 0) is 0 Å². The highest BCUT2D eigenvalue weighted by Crippen LogP contribution is 2.28. The lowest BCUT2D eigenvalue weighted by atomic mass is 10.1. The molecular formula is C16H17NO2. The molecule has 19 heavy (non-hydrogen) atoms. The van der Waals surface area contributed by atoms with E-state index < -0.39 is 0 Å². The Labute approximate surface area is 113 Å². The van der Waals surface area contributed by atoms with Crippen molar-refractivity contribution in [2.24, 2.45) is 0 Å². The molecule has 0 aliphatic heterocycles. The summed E-state index contributed by atoms with van der Waals surface area (Å²) in [5.74, 6) is 1.45. The molecule has 0 saturated heterocycles. The van der Waals surface area contributed by atoms with Crippen molar-refractivity contribution in [2.75, 3.05) is 14.2 Å². The molecule has 0 aliphatic rings. The molecule has 0 fully saturated rings. The summed E-state index contributed by atoms with van der Waals surface area (Å²) in [6, 6.07) is 9.79. The number of pyridine rings is 1. The van der Waals surface area contributed by atoms with Gasteiger partial charge in [0, 0.05) is 6.20 Å². The maximum absolute atomic E-state index is 5.28. The number of methoxy groups -OCH3 is 2. The maximum atomic E-state index is 5.28. The normalized spacial score (nSPS) is 10.7. The lowest BCUT2D eigenvalue weighted by Gasteiger charge is -2.07. The van der Waals surface area contributed by atoms with Crippen molar-refractivity contribution in [3.8, 4) is 11.5 Å². The largest absolute Gasteiger partial charge is 0.493 e. The molecule has 0 amide bonds. The van der Waals surface area contributed by atoms with E-state index >= 15 is 0 Å². The van der Waals surface area contributed by atoms with E-state index in [1.807, 2.05) is 49.4 Å². The molecule has 1 heterocycles. The van der Waals surface area contributed by atoms with Gasteiger partial charge in [0.1, 0.15) is 0 Å². The number of rotatable bonds is 4. The van der Waals surface area contributed by atoms with Crippen LogP contribution >= 0.6 is 0 Å². The van der Waals surface area contributed by atoms with E-state index in [1.165, 1.54) is 0 Å². The Morgan fingerprint density at radius 1 is 1.00 bits per heavy atom. The first-order chi connectivity index (χ1) is 9.24. The maximum Gasteiger partial charge on any atom is 0.161 e. The molecule has 1 aromatic heterocycles. The third-order valence-corrected chi connectivity index (χ3v) is 2.89. The van der Waals surface area contributed by atoms with Crippen LogP contribution in [0.25, 0.3) is 12.2 Å². The molecule has 0 bridgehead atoms. The SMILES string of the molecule is COc1ccc(/C=C/c2ncccc2C)cc1OC. The second-order valence-electron chi connectivity index (χ2n) is 4.15. The van der Waals surface area contributed by atoms with Crippen LogP contribution in [0.2, 0.25) is 0 Å². The molecule has 0 saturated carbocycles. The molecule has 1 aromatic carbocycles. The first-order valence-electron chi connectivity index (χ1n) is 6.06. The lowest BCUT2D eigenvalue weighted by Crippen LogP contribution is -1.90. The average molecular weight is 255 g/mol. The summed E-state index contributed by atoms with van der Waals surface area (Å²) in [4.78, 5) is 4.33. The Hall–Kier alpha value is -2.29. The van der Waals surface area contributed by atoms with Gasteiger partial charge in [-0.25, -0.2) is 0 Å². The van der Waals surface area contributed by atoms with Gasteiger partial charge in [-0.05, 0) is 42.3 Å². The Morgan fingerprint density at radius 3 is 2.47 bits per heavy atom. The topological polar surface area (TPSA) is 31.4 Å². The number of nitrogens with zero attached hydrogens (tertiary/aromatic N) is 1. The fourth-order valence-corrected chi connectivity index (χ4v) is 1.80. The highest BCUT2D eigenvalue weighted by atomic mass is 16.5. The van der Waals surface area contributed by atoms with Crippen LogP contribution in [0.5, 0.6) is 11.5 Å². The van der Waals surface area contributed by atoms with E-state index in [0.29, 0.717) is 0 Å². The molecule has 0 spiro atoms. The highest BCUT2D eigenvalue weighted by molar-refractivity contribution is 5.70. The summed E-state index contributed by atoms with van der Waals surface area (Å²) in [5.41, 5.74) is 3.17. The summed E-state index contributed by atoms with van der Waals surface area (Å²) in [5, 5.41) is 0. The van der Waals surface area contributed by atoms with Crippen LogP contribution < -0.4 is 9.47 Å². The number of hydrogen-bond donors (Lipinski definition) is 0. The van der Waals surface area contributed by atoms with E-state index in [0.717, 1.165) is 28.3 Å². The number of ether oxygens (including phenoxy) is 2. The van der Waals surface area contributed by atoms with Crippen LogP contribution in [0.4, 0.5) is 0 Å². The first-order valence-corrected chi connectivity index (χ1v) is 6.06. The van der Waals surface area contributed by atoms with Gasteiger partial charge in [-0.2, -0.15) is 0 Å². The standard InChI is InChI=1S/C16H17NO2/c1-12-5-4-10-17-14(12)8-6-13-7-9-15(18-2)16(11-13)19-3/h4-11H,1-3H3/b8-6+. The van der Waals surface area contributed by atoms with Crippen molar-refractivity contribution in [3.63, 3.8) is 0 Å². The van der Waals surface area contributed by atoms with Crippen molar-refractivity contribution in [1.82, 2.24) is 4.98 Å². The van der Waals surface area contributed by atoms with Crippen molar-refractivity contribution in [1.29, 1.82) is 0 Å². The quantitative estimate of drug-likeness (QED) is 0.836. The Morgan fingerprint density at radius 2 is 1.79 bits per heavy atom. The molecule has 2 rings (SSSR count). The number of aromatic nitrogens is 1. The van der Waals surface area contributed by atoms with Crippen LogP contribution in [0, 0.1) is 6.92 Å². The van der Waals surface area contributed by atoms with Gasteiger partial charge < -0.3 is 9.47 Å². The van der Waals surface area contributed by atoms with Crippen molar-refractivity contribution >= 4 is 12.2 Å². The van der Waals surface area contributed by atoms with Crippen LogP contribution in [0.3, 0.4) is 0 Å². The Kier molecular flexibility index (Phi) is 4.18. The average Bonchev–Trinajstić information content (AvgIpc) is 2.46. The summed E-state index contributed by atoms with van der Waals surface area (Å²) >= 11 is 0. The van der Waals surface area contributed by atoms with E-state index in [-0.39, 0.29) is 0 Å². The highest BCUT2D eigenvalue weighted by Gasteiger charge is 2.02. The second-order valence-corrected chi connectivity index (χ2v) is 4.15. The van der Waals surface area contributed by atoms with Gasteiger partial charge in [-0.15, -0.1) is 0 Å². The van der Waals surface area contributed by atoms with E-state index in [2.05, 4.69) is 4.98 Å². The first kappa shape index (κ1) is 13.1. The smallest absolute Gasteiger partial charge is 0.161 e. The third-order valence-electron chi connectivity index (χ3n) is 2.89. The van der Waals surface area contributed by atoms with Crippen molar-refractivity contribution in [2.45, 2.75) is 6.92 Å². The summed E-state index contributed by atoms with van der Waals surface area (Å²) in [6.07, 6.45) is 5.80. The molecule has 3 nitrogen and oxygen atoms in total. The zero-order chi connectivity index (χ0) is 13.7. The lowest BCUT2D eigenvalue weighted by molar-refractivity contribution is 0.355. The predicted octanol–water partition coefficient (Wildman–Crippen LogP) is 3.58. The van der Waals surface area contributed by atoms with Gasteiger partial charge in [0.2, 0.25) is 0 Å². The fourth-order valence-electron chi connectivity index (χ4n) is 1.80. The Bertz CT molecular complexity index is 591. The summed E-state index contributed by atoms with van der Waals surface area (Å²) in [7, 11) is 3.26. The van der Waals surface area contributed by atoms with Gasteiger partial charge in [0.15, 0.2) is 11.5 Å². The molecule has 98 valence electrons. The molecule has 0 N–H and O–H groups in total. The monoisotopic (exact) mass is 255 g/mol. The summed E-state index contributed by atoms with van der Waals surface area (Å²) < 4.78 is 10.5. The van der Waals surface area contributed by atoms with Crippen LogP contribution in [-0.4, -0.2) is 19.2 Å². The van der Waals surface area contributed by atoms with Gasteiger partial charge in [0.05, 0.1) is 19.9 Å². The molecule has 2 aromatic rings. The second kappa shape index (κ2) is 6.05. The van der Waals surface area contributed by atoms with Crippen LogP contribution in [0.1, 0.15) is 16.8 Å². The third kappa shape index (κ3) is 3.13. The Balaban J connectivity index is 2.26. The number of aryl methyl sites for hydroxylation is 1. The van der Waals surface area contributed by atoms with Crippen molar-refractivity contribution < 1.29 is 9.47 Å². The van der Waals surface area contributed by atoms with Gasteiger partial charge >= 0.3 is 0 Å².